The molecule has 1 fully saturated rings. The Hall–Kier alpha value is -1.36. The van der Waals surface area contributed by atoms with Gasteiger partial charge in [0.15, 0.2) is 5.16 Å². The van der Waals surface area contributed by atoms with Crippen molar-refractivity contribution in [3.8, 4) is 0 Å². The summed E-state index contributed by atoms with van der Waals surface area (Å²) in [5.74, 6) is 0.466. The number of thioether (sulfide) groups is 1. The summed E-state index contributed by atoms with van der Waals surface area (Å²) in [6, 6.07) is 0. The number of hydrogen-bond donors (Lipinski definition) is 1. The van der Waals surface area contributed by atoms with E-state index in [9.17, 15) is 9.90 Å². The smallest absolute Gasteiger partial charge is 0.336 e. The van der Waals surface area contributed by atoms with Gasteiger partial charge in [-0.2, -0.15) is 0 Å². The van der Waals surface area contributed by atoms with Crippen LogP contribution in [0.5, 0.6) is 0 Å². The van der Waals surface area contributed by atoms with E-state index in [4.69, 9.17) is 0 Å². The van der Waals surface area contributed by atoms with Crippen molar-refractivity contribution in [1.29, 1.82) is 0 Å². The molecular weight excluding hydrogens is 272 g/mol. The number of carbonyl (C=O) groups is 1. The average molecular weight is 292 g/mol. The van der Waals surface area contributed by atoms with Crippen molar-refractivity contribution in [3.05, 3.63) is 24.0 Å². The molecule has 0 spiro atoms. The zero-order valence-corrected chi connectivity index (χ0v) is 12.5. The minimum Gasteiger partial charge on any atom is -0.478 e. The highest BCUT2D eigenvalue weighted by Crippen LogP contribution is 2.29. The summed E-state index contributed by atoms with van der Waals surface area (Å²) in [4.78, 5) is 19.9. The Morgan fingerprint density at radius 2 is 2.05 bits per heavy atom. The number of aliphatic carboxylic acids is 1. The van der Waals surface area contributed by atoms with Crippen LogP contribution in [-0.4, -0.2) is 26.8 Å². The number of aromatic nitrogens is 2. The van der Waals surface area contributed by atoms with Crippen LogP contribution < -0.4 is 0 Å². The van der Waals surface area contributed by atoms with E-state index in [0.717, 1.165) is 25.0 Å². The van der Waals surface area contributed by atoms with Gasteiger partial charge in [0.2, 0.25) is 0 Å². The fraction of sp³-hybridized carbons (Fsp3) is 0.533. The number of hydrogen-bond acceptors (Lipinski definition) is 4. The highest BCUT2D eigenvalue weighted by molar-refractivity contribution is 7.99. The fourth-order valence-electron chi connectivity index (χ4n) is 2.37. The van der Waals surface area contributed by atoms with Crippen LogP contribution in [0.2, 0.25) is 0 Å². The molecule has 1 N–H and O–H groups in total. The first-order chi connectivity index (χ1) is 9.70. The number of carboxylic acids is 1. The van der Waals surface area contributed by atoms with E-state index >= 15 is 0 Å². The van der Waals surface area contributed by atoms with Gasteiger partial charge >= 0.3 is 5.97 Å². The van der Waals surface area contributed by atoms with E-state index in [1.807, 2.05) is 6.08 Å². The summed E-state index contributed by atoms with van der Waals surface area (Å²) in [5.41, 5.74) is 0.939. The first kappa shape index (κ1) is 15.0. The lowest BCUT2D eigenvalue weighted by Gasteiger charge is -2.07. The van der Waals surface area contributed by atoms with Gasteiger partial charge in [-0.05, 0) is 25.2 Å². The molecular formula is C15H20N2O2S. The number of nitrogens with zero attached hydrogens (tertiary/aromatic N) is 2. The fourth-order valence-corrected chi connectivity index (χ4v) is 3.02. The Kier molecular flexibility index (Phi) is 5.59. The Labute approximate surface area is 123 Å². The van der Waals surface area contributed by atoms with E-state index in [1.165, 1.54) is 12.8 Å². The van der Waals surface area contributed by atoms with Crippen LogP contribution in [0.4, 0.5) is 0 Å². The highest BCUT2D eigenvalue weighted by atomic mass is 32.2. The molecule has 20 heavy (non-hydrogen) atoms. The summed E-state index contributed by atoms with van der Waals surface area (Å²) < 4.78 is 0. The second kappa shape index (κ2) is 7.43. The lowest BCUT2D eigenvalue weighted by Crippen LogP contribution is -2.04. The summed E-state index contributed by atoms with van der Waals surface area (Å²) >= 11 is 1.59. The minimum atomic E-state index is -0.894. The van der Waals surface area contributed by atoms with E-state index in [2.05, 4.69) is 16.9 Å². The maximum atomic E-state index is 11.4. The molecule has 1 heterocycles. The summed E-state index contributed by atoms with van der Waals surface area (Å²) in [5, 5.41) is 10.1. The van der Waals surface area contributed by atoms with Gasteiger partial charge in [-0.15, -0.1) is 0 Å². The lowest BCUT2D eigenvalue weighted by molar-refractivity contribution is -0.130. The third-order valence-electron chi connectivity index (χ3n) is 3.41. The summed E-state index contributed by atoms with van der Waals surface area (Å²) in [6.07, 6.45) is 10.8. The Morgan fingerprint density at radius 3 is 2.60 bits per heavy atom. The molecule has 2 rings (SSSR count). The molecule has 0 aromatic carbocycles. The van der Waals surface area contributed by atoms with Crippen molar-refractivity contribution in [1.82, 2.24) is 9.97 Å². The molecule has 0 unspecified atom stereocenters. The molecule has 1 aliphatic carbocycles. The topological polar surface area (TPSA) is 63.1 Å². The molecule has 108 valence electrons. The predicted molar refractivity (Wildman–Crippen MR) is 80.6 cm³/mol. The first-order valence-electron chi connectivity index (χ1n) is 7.11. The van der Waals surface area contributed by atoms with Crippen molar-refractivity contribution >= 4 is 23.3 Å². The predicted octanol–water partition coefficient (Wildman–Crippen LogP) is 3.64. The summed E-state index contributed by atoms with van der Waals surface area (Å²) in [6.45, 7) is 2.11. The van der Waals surface area contributed by atoms with Crippen molar-refractivity contribution in [2.45, 2.75) is 44.2 Å². The lowest BCUT2D eigenvalue weighted by atomic mass is 10.0. The van der Waals surface area contributed by atoms with Crippen molar-refractivity contribution in [2.24, 2.45) is 5.92 Å². The van der Waals surface area contributed by atoms with Crippen LogP contribution >= 0.6 is 11.8 Å². The maximum Gasteiger partial charge on any atom is 0.336 e. The Morgan fingerprint density at radius 1 is 1.40 bits per heavy atom. The normalized spacial score (nSPS) is 16.6. The van der Waals surface area contributed by atoms with Crippen molar-refractivity contribution in [3.63, 3.8) is 0 Å². The third kappa shape index (κ3) is 4.07. The molecule has 0 radical (unpaired) electrons. The third-order valence-corrected chi connectivity index (χ3v) is 4.49. The maximum absolute atomic E-state index is 11.4. The van der Waals surface area contributed by atoms with E-state index < -0.39 is 5.97 Å². The van der Waals surface area contributed by atoms with Gasteiger partial charge in [-0.3, -0.25) is 0 Å². The molecule has 0 atom stereocenters. The van der Waals surface area contributed by atoms with Crippen molar-refractivity contribution in [2.75, 3.05) is 5.75 Å². The van der Waals surface area contributed by atoms with Crippen LogP contribution in [0, 0.1) is 5.92 Å². The molecule has 1 aliphatic rings. The molecule has 0 bridgehead atoms. The number of carboxylic acid groups (broad SMARTS) is 1. The number of allylic oxidation sites excluding steroid dienone is 1. The van der Waals surface area contributed by atoms with E-state index in [0.29, 0.717) is 22.2 Å². The average Bonchev–Trinajstić information content (AvgIpc) is 2.96. The van der Waals surface area contributed by atoms with Gasteiger partial charge in [0.1, 0.15) is 0 Å². The van der Waals surface area contributed by atoms with Crippen LogP contribution in [0.3, 0.4) is 0 Å². The Bertz CT molecular complexity index is 479. The molecule has 1 aromatic heterocycles. The van der Waals surface area contributed by atoms with Crippen LogP contribution in [0.25, 0.3) is 5.57 Å². The molecule has 0 aliphatic heterocycles. The van der Waals surface area contributed by atoms with Gasteiger partial charge in [0.05, 0.1) is 5.57 Å². The second-order valence-electron chi connectivity index (χ2n) is 5.03. The SMILES string of the molecule is CCCSc1ncc(/C(=C\C2CCCC2)C(=O)O)cn1. The number of rotatable bonds is 6. The summed E-state index contributed by atoms with van der Waals surface area (Å²) in [7, 11) is 0. The molecule has 1 saturated carbocycles. The molecule has 4 nitrogen and oxygen atoms in total. The van der Waals surface area contributed by atoms with Gasteiger partial charge in [-0.25, -0.2) is 14.8 Å². The van der Waals surface area contributed by atoms with Crippen LogP contribution in [0.15, 0.2) is 23.6 Å². The van der Waals surface area contributed by atoms with Crippen LogP contribution in [-0.2, 0) is 4.79 Å². The highest BCUT2D eigenvalue weighted by Gasteiger charge is 2.18. The molecule has 5 heteroatoms. The standard InChI is InChI=1S/C15H20N2O2S/c1-2-7-20-15-16-9-12(10-17-15)13(14(18)19)8-11-5-3-4-6-11/h8-11H,2-7H2,1H3,(H,18,19)/b13-8+. The monoisotopic (exact) mass is 292 g/mol. The first-order valence-corrected chi connectivity index (χ1v) is 8.09. The molecule has 1 aromatic rings. The van der Waals surface area contributed by atoms with Crippen LogP contribution in [0.1, 0.15) is 44.6 Å². The largest absolute Gasteiger partial charge is 0.478 e. The zero-order chi connectivity index (χ0) is 14.4. The van der Waals surface area contributed by atoms with E-state index in [-0.39, 0.29) is 0 Å². The van der Waals surface area contributed by atoms with Gasteiger partial charge < -0.3 is 5.11 Å². The van der Waals surface area contributed by atoms with Gasteiger partial charge in [-0.1, -0.05) is 37.6 Å². The molecule has 0 saturated heterocycles. The van der Waals surface area contributed by atoms with Crippen molar-refractivity contribution < 1.29 is 9.90 Å². The quantitative estimate of drug-likeness (QED) is 0.493. The van der Waals surface area contributed by atoms with Gasteiger partial charge in [0, 0.05) is 23.7 Å². The molecule has 0 amide bonds. The second-order valence-corrected chi connectivity index (χ2v) is 6.09. The van der Waals surface area contributed by atoms with E-state index in [1.54, 1.807) is 24.2 Å². The van der Waals surface area contributed by atoms with Gasteiger partial charge in [0.25, 0.3) is 0 Å². The Balaban J connectivity index is 2.14. The zero-order valence-electron chi connectivity index (χ0n) is 11.7. The minimum absolute atomic E-state index is 0.337.